The Labute approximate surface area is 139 Å². The van der Waals surface area contributed by atoms with Gasteiger partial charge in [-0.3, -0.25) is 4.99 Å². The lowest BCUT2D eigenvalue weighted by molar-refractivity contribution is 0.183. The first kappa shape index (κ1) is 19.2. The van der Waals surface area contributed by atoms with Crippen LogP contribution >= 0.6 is 24.0 Å². The van der Waals surface area contributed by atoms with E-state index in [0.29, 0.717) is 19.0 Å². The maximum atomic E-state index is 9.99. The fraction of sp³-hybridized carbons (Fsp3) is 0.533. The van der Waals surface area contributed by atoms with Crippen LogP contribution < -0.4 is 10.6 Å². The van der Waals surface area contributed by atoms with Gasteiger partial charge in [-0.25, -0.2) is 0 Å². The number of hydrogen-bond donors (Lipinski definition) is 3. The van der Waals surface area contributed by atoms with E-state index in [4.69, 9.17) is 0 Å². The largest absolute Gasteiger partial charge is 0.391 e. The number of halogens is 1. The fourth-order valence-corrected chi connectivity index (χ4v) is 1.74. The third-order valence-corrected chi connectivity index (χ3v) is 2.54. The maximum Gasteiger partial charge on any atom is 0.191 e. The molecule has 3 N–H and O–H groups in total. The van der Waals surface area contributed by atoms with Crippen molar-refractivity contribution in [3.05, 3.63) is 35.9 Å². The molecule has 0 saturated heterocycles. The van der Waals surface area contributed by atoms with E-state index >= 15 is 0 Å². The van der Waals surface area contributed by atoms with Crippen LogP contribution in [0.3, 0.4) is 0 Å². The molecule has 1 aromatic rings. The number of rotatable bonds is 6. The quantitative estimate of drug-likeness (QED) is 0.396. The van der Waals surface area contributed by atoms with Crippen molar-refractivity contribution < 1.29 is 5.11 Å². The second kappa shape index (κ2) is 10.9. The number of guanidine groups is 1. The summed E-state index contributed by atoms with van der Waals surface area (Å²) in [4.78, 5) is 4.39. The number of benzene rings is 1. The van der Waals surface area contributed by atoms with Gasteiger partial charge in [0.25, 0.3) is 0 Å². The number of nitrogens with zero attached hydrogens (tertiary/aromatic N) is 1. The molecule has 0 spiro atoms. The van der Waals surface area contributed by atoms with Gasteiger partial charge in [-0.15, -0.1) is 24.0 Å². The molecule has 0 bridgehead atoms. The van der Waals surface area contributed by atoms with Crippen molar-refractivity contribution in [2.45, 2.75) is 39.3 Å². The molecule has 0 aliphatic carbocycles. The Hall–Kier alpha value is -0.820. The Balaban J connectivity index is 0.00000361. The van der Waals surface area contributed by atoms with Crippen molar-refractivity contribution in [2.24, 2.45) is 4.99 Å². The zero-order chi connectivity index (χ0) is 14.1. The average molecular weight is 391 g/mol. The van der Waals surface area contributed by atoms with Crippen molar-refractivity contribution in [2.75, 3.05) is 13.1 Å². The van der Waals surface area contributed by atoms with Gasteiger partial charge in [0.15, 0.2) is 5.96 Å². The molecule has 0 radical (unpaired) electrons. The van der Waals surface area contributed by atoms with Crippen molar-refractivity contribution in [3.63, 3.8) is 0 Å². The lowest BCUT2D eigenvalue weighted by atomic mass is 10.1. The summed E-state index contributed by atoms with van der Waals surface area (Å²) in [6.45, 7) is 7.36. The van der Waals surface area contributed by atoms with Gasteiger partial charge in [-0.1, -0.05) is 30.3 Å². The maximum absolute atomic E-state index is 9.99. The van der Waals surface area contributed by atoms with Crippen molar-refractivity contribution in [3.8, 4) is 0 Å². The normalized spacial score (nSPS) is 12.8. The molecule has 0 heterocycles. The van der Waals surface area contributed by atoms with Crippen LogP contribution in [0.25, 0.3) is 0 Å². The lowest BCUT2D eigenvalue weighted by Gasteiger charge is -2.15. The minimum atomic E-state index is -0.454. The molecule has 0 aliphatic rings. The molecule has 1 rings (SSSR count). The van der Waals surface area contributed by atoms with Gasteiger partial charge in [-0.05, 0) is 26.3 Å². The zero-order valence-corrected chi connectivity index (χ0v) is 14.8. The van der Waals surface area contributed by atoms with Crippen LogP contribution in [0.4, 0.5) is 0 Å². The van der Waals surface area contributed by atoms with Crippen LogP contribution in [0, 0.1) is 0 Å². The minimum Gasteiger partial charge on any atom is -0.391 e. The number of aliphatic imine (C=N–C) groups is 1. The third kappa shape index (κ3) is 8.37. The molecule has 0 aromatic heterocycles. The van der Waals surface area contributed by atoms with E-state index in [1.54, 1.807) is 0 Å². The van der Waals surface area contributed by atoms with Crippen LogP contribution in [0.5, 0.6) is 0 Å². The van der Waals surface area contributed by atoms with Crippen molar-refractivity contribution in [1.29, 1.82) is 0 Å². The molecule has 4 nitrogen and oxygen atoms in total. The standard InChI is InChI=1S/C15H25N3O.HI/c1-4-16-15(18-12(2)3)17-11-14(19)10-13-8-6-5-7-9-13;/h5-9,12,14,19H,4,10-11H2,1-3H3,(H2,16,17,18);1H. The zero-order valence-electron chi connectivity index (χ0n) is 12.5. The molecular weight excluding hydrogens is 365 g/mol. The van der Waals surface area contributed by atoms with Gasteiger partial charge in [0.05, 0.1) is 12.6 Å². The highest BCUT2D eigenvalue weighted by molar-refractivity contribution is 14.0. The molecule has 20 heavy (non-hydrogen) atoms. The predicted molar refractivity (Wildman–Crippen MR) is 95.8 cm³/mol. The summed E-state index contributed by atoms with van der Waals surface area (Å²) in [5.74, 6) is 0.754. The molecule has 1 aromatic carbocycles. The molecule has 0 amide bonds. The second-order valence-electron chi connectivity index (χ2n) is 4.86. The van der Waals surface area contributed by atoms with Crippen LogP contribution in [-0.2, 0) is 6.42 Å². The van der Waals surface area contributed by atoms with Crippen LogP contribution in [0.2, 0.25) is 0 Å². The molecular formula is C15H26IN3O. The van der Waals surface area contributed by atoms with Gasteiger partial charge < -0.3 is 15.7 Å². The summed E-state index contributed by atoms with van der Waals surface area (Å²) < 4.78 is 0. The molecule has 114 valence electrons. The third-order valence-electron chi connectivity index (χ3n) is 2.54. The molecule has 5 heteroatoms. The number of aliphatic hydroxyl groups excluding tert-OH is 1. The first-order valence-electron chi connectivity index (χ1n) is 6.88. The minimum absolute atomic E-state index is 0. The van der Waals surface area contributed by atoms with Gasteiger partial charge in [0.1, 0.15) is 0 Å². The van der Waals surface area contributed by atoms with E-state index in [9.17, 15) is 5.11 Å². The van der Waals surface area contributed by atoms with Gasteiger partial charge in [0, 0.05) is 19.0 Å². The molecule has 0 fully saturated rings. The van der Waals surface area contributed by atoms with Crippen LogP contribution in [0.1, 0.15) is 26.3 Å². The summed E-state index contributed by atoms with van der Waals surface area (Å²) in [5.41, 5.74) is 1.13. The highest BCUT2D eigenvalue weighted by Gasteiger charge is 2.06. The van der Waals surface area contributed by atoms with E-state index in [-0.39, 0.29) is 24.0 Å². The van der Waals surface area contributed by atoms with Crippen molar-refractivity contribution in [1.82, 2.24) is 10.6 Å². The Morgan fingerprint density at radius 1 is 1.25 bits per heavy atom. The van der Waals surface area contributed by atoms with E-state index < -0.39 is 6.10 Å². The highest BCUT2D eigenvalue weighted by atomic mass is 127. The fourth-order valence-electron chi connectivity index (χ4n) is 1.74. The Bertz CT molecular complexity index is 382. The van der Waals surface area contributed by atoms with Gasteiger partial charge in [-0.2, -0.15) is 0 Å². The summed E-state index contributed by atoms with van der Waals surface area (Å²) in [7, 11) is 0. The second-order valence-corrected chi connectivity index (χ2v) is 4.86. The van der Waals surface area contributed by atoms with E-state index in [2.05, 4.69) is 29.5 Å². The topological polar surface area (TPSA) is 56.7 Å². The summed E-state index contributed by atoms with van der Waals surface area (Å²) >= 11 is 0. The summed E-state index contributed by atoms with van der Waals surface area (Å²) in [6, 6.07) is 10.3. The van der Waals surface area contributed by atoms with Gasteiger partial charge in [0.2, 0.25) is 0 Å². The molecule has 0 aliphatic heterocycles. The first-order valence-corrected chi connectivity index (χ1v) is 6.88. The molecule has 0 saturated carbocycles. The van der Waals surface area contributed by atoms with E-state index in [0.717, 1.165) is 18.1 Å². The monoisotopic (exact) mass is 391 g/mol. The Morgan fingerprint density at radius 2 is 1.90 bits per heavy atom. The van der Waals surface area contributed by atoms with Crippen LogP contribution in [0.15, 0.2) is 35.3 Å². The van der Waals surface area contributed by atoms with Crippen LogP contribution in [-0.4, -0.2) is 36.3 Å². The number of hydrogen-bond acceptors (Lipinski definition) is 2. The van der Waals surface area contributed by atoms with E-state index in [1.165, 1.54) is 0 Å². The first-order chi connectivity index (χ1) is 9.11. The SMILES string of the molecule is CCNC(=NCC(O)Cc1ccccc1)NC(C)C.I. The lowest BCUT2D eigenvalue weighted by Crippen LogP contribution is -2.41. The number of nitrogens with one attached hydrogen (secondary N) is 2. The number of aliphatic hydroxyl groups is 1. The molecule has 1 atom stereocenters. The van der Waals surface area contributed by atoms with Crippen molar-refractivity contribution >= 4 is 29.9 Å². The van der Waals surface area contributed by atoms with Gasteiger partial charge >= 0.3 is 0 Å². The molecule has 1 unspecified atom stereocenters. The Kier molecular flexibility index (Phi) is 10.5. The summed E-state index contributed by atoms with van der Waals surface area (Å²) in [5, 5.41) is 16.4. The van der Waals surface area contributed by atoms with E-state index in [1.807, 2.05) is 37.3 Å². The highest BCUT2D eigenvalue weighted by Crippen LogP contribution is 2.03. The summed E-state index contributed by atoms with van der Waals surface area (Å²) in [6.07, 6.45) is 0.177. The average Bonchev–Trinajstić information content (AvgIpc) is 2.37. The predicted octanol–water partition coefficient (Wildman–Crippen LogP) is 2.17. The smallest absolute Gasteiger partial charge is 0.191 e. The Morgan fingerprint density at radius 3 is 2.45 bits per heavy atom.